The van der Waals surface area contributed by atoms with Crippen molar-refractivity contribution < 1.29 is 4.39 Å². The Morgan fingerprint density at radius 3 is 2.34 bits per heavy atom. The van der Waals surface area contributed by atoms with Gasteiger partial charge in [-0.3, -0.25) is 4.90 Å². The van der Waals surface area contributed by atoms with Crippen LogP contribution in [0.4, 0.5) is 4.39 Å². The molecule has 2 aromatic rings. The van der Waals surface area contributed by atoms with Crippen LogP contribution < -0.4 is 5.32 Å². The quantitative estimate of drug-likeness (QED) is 0.780. The van der Waals surface area contributed by atoms with E-state index in [4.69, 9.17) is 0 Å². The lowest BCUT2D eigenvalue weighted by atomic mass is 9.87. The molecule has 4 heteroatoms. The number of nitrogens with one attached hydrogen (secondary N) is 1. The lowest BCUT2D eigenvalue weighted by molar-refractivity contribution is 0.148. The van der Waals surface area contributed by atoms with Gasteiger partial charge in [0, 0.05) is 44.8 Å². The van der Waals surface area contributed by atoms with Crippen LogP contribution in [0.5, 0.6) is 0 Å². The number of hydrogen-bond donors (Lipinski definition) is 1. The predicted octanol–water partition coefficient (Wildman–Crippen LogP) is 4.44. The second-order valence-electron chi connectivity index (χ2n) is 8.99. The van der Waals surface area contributed by atoms with Crippen molar-refractivity contribution >= 4 is 0 Å². The number of likely N-dealkylation sites (N-methyl/N-ethyl adjacent to an activating group) is 1. The van der Waals surface area contributed by atoms with Crippen LogP contribution in [0.25, 0.3) is 0 Å². The molecular formula is C25H34FN3. The van der Waals surface area contributed by atoms with E-state index < -0.39 is 0 Å². The fourth-order valence-electron chi connectivity index (χ4n) is 4.84. The van der Waals surface area contributed by atoms with Crippen molar-refractivity contribution in [1.82, 2.24) is 15.1 Å². The maximum absolute atomic E-state index is 13.4. The maximum atomic E-state index is 13.4. The third kappa shape index (κ3) is 4.88. The highest BCUT2D eigenvalue weighted by Crippen LogP contribution is 2.39. The van der Waals surface area contributed by atoms with Crippen molar-refractivity contribution in [3.8, 4) is 0 Å². The lowest BCUT2D eigenvalue weighted by Crippen LogP contribution is -2.44. The molecule has 29 heavy (non-hydrogen) atoms. The predicted molar refractivity (Wildman–Crippen MR) is 117 cm³/mol. The van der Waals surface area contributed by atoms with Crippen LogP contribution in [0.3, 0.4) is 0 Å². The number of aryl methyl sites for hydroxylation is 1. The monoisotopic (exact) mass is 395 g/mol. The average Bonchev–Trinajstić information content (AvgIpc) is 3.21. The molecule has 1 saturated carbocycles. The Balaban J connectivity index is 1.45. The van der Waals surface area contributed by atoms with E-state index in [0.717, 1.165) is 52.1 Å². The fraction of sp³-hybridized carbons (Fsp3) is 0.520. The second-order valence-corrected chi connectivity index (χ2v) is 8.99. The largest absolute Gasteiger partial charge is 0.304 e. The summed E-state index contributed by atoms with van der Waals surface area (Å²) in [6.45, 7) is 8.71. The van der Waals surface area contributed by atoms with Crippen LogP contribution in [0, 0.1) is 12.7 Å². The summed E-state index contributed by atoms with van der Waals surface area (Å²) in [6.07, 6.45) is 4.71. The van der Waals surface area contributed by atoms with E-state index in [2.05, 4.69) is 47.3 Å². The number of rotatable bonds is 6. The molecule has 2 aromatic carbocycles. The van der Waals surface area contributed by atoms with Gasteiger partial charge in [-0.15, -0.1) is 0 Å². The van der Waals surface area contributed by atoms with Gasteiger partial charge in [-0.05, 0) is 61.2 Å². The third-order valence-corrected chi connectivity index (χ3v) is 6.89. The van der Waals surface area contributed by atoms with Crippen LogP contribution in [-0.4, -0.2) is 43.0 Å². The summed E-state index contributed by atoms with van der Waals surface area (Å²) in [5, 5.41) is 3.86. The van der Waals surface area contributed by atoms with E-state index >= 15 is 0 Å². The van der Waals surface area contributed by atoms with Gasteiger partial charge in [0.25, 0.3) is 0 Å². The highest BCUT2D eigenvalue weighted by atomic mass is 19.1. The van der Waals surface area contributed by atoms with E-state index in [1.165, 1.54) is 35.1 Å². The zero-order valence-corrected chi connectivity index (χ0v) is 17.9. The zero-order valence-electron chi connectivity index (χ0n) is 17.9. The van der Waals surface area contributed by atoms with E-state index in [-0.39, 0.29) is 11.4 Å². The molecule has 3 nitrogen and oxygen atoms in total. The molecular weight excluding hydrogens is 361 g/mol. The summed E-state index contributed by atoms with van der Waals surface area (Å²) in [7, 11) is 2.20. The molecule has 2 fully saturated rings. The standard InChI is InChI=1S/C25H34FN3/c1-20-5-6-21(17-22(20)19-29-15-13-28(2)14-16-29)18-27-25(11-3-4-12-25)23-7-9-24(26)10-8-23/h5-10,17,27H,3-4,11-16,18-19H2,1-2H3. The Bertz CT molecular complexity index is 803. The van der Waals surface area contributed by atoms with Crippen LogP contribution in [0.2, 0.25) is 0 Å². The summed E-state index contributed by atoms with van der Waals surface area (Å²) < 4.78 is 13.4. The Kier molecular flexibility index (Phi) is 6.33. The molecule has 1 heterocycles. The van der Waals surface area contributed by atoms with Crippen LogP contribution in [-0.2, 0) is 18.6 Å². The van der Waals surface area contributed by atoms with Gasteiger partial charge in [-0.25, -0.2) is 4.39 Å². The van der Waals surface area contributed by atoms with Gasteiger partial charge in [0.1, 0.15) is 5.82 Å². The summed E-state index contributed by atoms with van der Waals surface area (Å²) in [4.78, 5) is 4.97. The highest BCUT2D eigenvalue weighted by Gasteiger charge is 2.35. The molecule has 0 bridgehead atoms. The maximum Gasteiger partial charge on any atom is 0.123 e. The lowest BCUT2D eigenvalue weighted by Gasteiger charge is -2.33. The minimum Gasteiger partial charge on any atom is -0.304 e. The third-order valence-electron chi connectivity index (χ3n) is 6.89. The smallest absolute Gasteiger partial charge is 0.123 e. The number of hydrogen-bond acceptors (Lipinski definition) is 3. The molecule has 0 amide bonds. The van der Waals surface area contributed by atoms with E-state index in [9.17, 15) is 4.39 Å². The average molecular weight is 396 g/mol. The SMILES string of the molecule is Cc1ccc(CNC2(c3ccc(F)cc3)CCCC2)cc1CN1CCN(C)CC1. The molecule has 1 aliphatic heterocycles. The molecule has 2 aliphatic rings. The van der Waals surface area contributed by atoms with Crippen molar-refractivity contribution in [3.63, 3.8) is 0 Å². The van der Waals surface area contributed by atoms with Crippen molar-refractivity contribution in [1.29, 1.82) is 0 Å². The normalized spacial score (nSPS) is 20.2. The summed E-state index contributed by atoms with van der Waals surface area (Å²) in [5.74, 6) is -0.158. The molecule has 0 radical (unpaired) electrons. The van der Waals surface area contributed by atoms with E-state index in [1.54, 1.807) is 12.1 Å². The highest BCUT2D eigenvalue weighted by molar-refractivity contribution is 5.32. The first-order valence-corrected chi connectivity index (χ1v) is 11.0. The van der Waals surface area contributed by atoms with Crippen LogP contribution in [0.1, 0.15) is 47.9 Å². The van der Waals surface area contributed by atoms with Crippen molar-refractivity contribution in [2.75, 3.05) is 33.2 Å². The molecule has 0 spiro atoms. The minimum absolute atomic E-state index is 0.0177. The number of nitrogens with zero attached hydrogens (tertiary/aromatic N) is 2. The molecule has 1 aliphatic carbocycles. The number of halogens is 1. The van der Waals surface area contributed by atoms with Crippen molar-refractivity contribution in [2.24, 2.45) is 0 Å². The Hall–Kier alpha value is -1.75. The van der Waals surface area contributed by atoms with Gasteiger partial charge in [0.05, 0.1) is 0 Å². The van der Waals surface area contributed by atoms with Crippen LogP contribution in [0.15, 0.2) is 42.5 Å². The molecule has 1 N–H and O–H groups in total. The van der Waals surface area contributed by atoms with Crippen molar-refractivity contribution in [2.45, 2.75) is 51.2 Å². The minimum atomic E-state index is -0.158. The van der Waals surface area contributed by atoms with E-state index in [0.29, 0.717) is 0 Å². The summed E-state index contributed by atoms with van der Waals surface area (Å²) in [6, 6.07) is 14.0. The second kappa shape index (κ2) is 8.95. The van der Waals surface area contributed by atoms with Gasteiger partial charge in [0.15, 0.2) is 0 Å². The van der Waals surface area contributed by atoms with Crippen molar-refractivity contribution in [3.05, 3.63) is 70.5 Å². The first-order chi connectivity index (χ1) is 14.0. The first kappa shape index (κ1) is 20.5. The topological polar surface area (TPSA) is 18.5 Å². The molecule has 0 atom stereocenters. The van der Waals surface area contributed by atoms with Gasteiger partial charge in [0.2, 0.25) is 0 Å². The number of piperazine rings is 1. The Labute approximate surface area is 174 Å². The number of benzene rings is 2. The molecule has 0 unspecified atom stereocenters. The molecule has 1 saturated heterocycles. The summed E-state index contributed by atoms with van der Waals surface area (Å²) >= 11 is 0. The molecule has 0 aromatic heterocycles. The summed E-state index contributed by atoms with van der Waals surface area (Å²) in [5.41, 5.74) is 5.36. The first-order valence-electron chi connectivity index (χ1n) is 11.0. The molecule has 4 rings (SSSR count). The van der Waals surface area contributed by atoms with E-state index in [1.807, 2.05) is 12.1 Å². The van der Waals surface area contributed by atoms with Gasteiger partial charge >= 0.3 is 0 Å². The van der Waals surface area contributed by atoms with Gasteiger partial charge in [-0.2, -0.15) is 0 Å². The zero-order chi connectivity index (χ0) is 20.3. The van der Waals surface area contributed by atoms with Crippen LogP contribution >= 0.6 is 0 Å². The van der Waals surface area contributed by atoms with Gasteiger partial charge in [-0.1, -0.05) is 43.2 Å². The fourth-order valence-corrected chi connectivity index (χ4v) is 4.84. The van der Waals surface area contributed by atoms with Gasteiger partial charge < -0.3 is 10.2 Å². The molecule has 156 valence electrons. The Morgan fingerprint density at radius 1 is 0.966 bits per heavy atom. The Morgan fingerprint density at radius 2 is 1.66 bits per heavy atom.